The van der Waals surface area contributed by atoms with Crippen LogP contribution >= 0.6 is 0 Å². The first-order valence-corrected chi connectivity index (χ1v) is 15.9. The first kappa shape index (κ1) is 27.4. The molecule has 222 valence electrons. The van der Waals surface area contributed by atoms with E-state index >= 15 is 0 Å². The SMILES string of the molecule is N#Cc1cc(-c2ccc3c(c2)c2cc(C#N)ccc2n3-c2ccccc2)cc(-c2ccccc2-n2c3ccccc3c3ccccc32)c1. The molecule has 0 bridgehead atoms. The Labute approximate surface area is 277 Å². The van der Waals surface area contributed by atoms with Crippen LogP contribution in [0.3, 0.4) is 0 Å². The van der Waals surface area contributed by atoms with Gasteiger partial charge >= 0.3 is 0 Å². The zero-order valence-corrected chi connectivity index (χ0v) is 25.8. The van der Waals surface area contributed by atoms with Crippen LogP contribution in [0.2, 0.25) is 0 Å². The molecule has 0 aliphatic carbocycles. The number of rotatable bonds is 4. The Kier molecular flexibility index (Phi) is 6.22. The maximum atomic E-state index is 10.2. The van der Waals surface area contributed by atoms with Gasteiger partial charge in [0.05, 0.1) is 51.0 Å². The van der Waals surface area contributed by atoms with Gasteiger partial charge in [-0.2, -0.15) is 10.5 Å². The normalized spacial score (nSPS) is 11.3. The summed E-state index contributed by atoms with van der Waals surface area (Å²) >= 11 is 0. The van der Waals surface area contributed by atoms with E-state index in [4.69, 9.17) is 0 Å². The quantitative estimate of drug-likeness (QED) is 0.199. The molecular weight excluding hydrogens is 585 g/mol. The number of benzene rings is 7. The van der Waals surface area contributed by atoms with Gasteiger partial charge < -0.3 is 9.13 Å². The van der Waals surface area contributed by atoms with Crippen molar-refractivity contribution in [3.05, 3.63) is 169 Å². The van der Waals surface area contributed by atoms with Crippen molar-refractivity contribution in [2.24, 2.45) is 0 Å². The number of fused-ring (bicyclic) bond motifs is 6. The summed E-state index contributed by atoms with van der Waals surface area (Å²) in [5, 5.41) is 24.4. The predicted octanol–water partition coefficient (Wildman–Crippen LogP) is 11.0. The van der Waals surface area contributed by atoms with Crippen LogP contribution in [-0.4, -0.2) is 9.13 Å². The van der Waals surface area contributed by atoms with Crippen molar-refractivity contribution in [1.82, 2.24) is 9.13 Å². The summed E-state index contributed by atoms with van der Waals surface area (Å²) in [5.41, 5.74) is 11.7. The highest BCUT2D eigenvalue weighted by atomic mass is 15.0. The first-order valence-electron chi connectivity index (χ1n) is 15.9. The maximum Gasteiger partial charge on any atom is 0.0992 e. The molecule has 0 spiro atoms. The van der Waals surface area contributed by atoms with Gasteiger partial charge in [0.25, 0.3) is 0 Å². The van der Waals surface area contributed by atoms with E-state index in [-0.39, 0.29) is 0 Å². The molecule has 0 fully saturated rings. The van der Waals surface area contributed by atoms with Crippen LogP contribution < -0.4 is 0 Å². The molecule has 0 atom stereocenters. The third-order valence-corrected chi connectivity index (χ3v) is 9.34. The zero-order chi connectivity index (χ0) is 32.2. The van der Waals surface area contributed by atoms with E-state index in [0.29, 0.717) is 11.1 Å². The average Bonchev–Trinajstić information content (AvgIpc) is 3.67. The van der Waals surface area contributed by atoms with E-state index in [1.54, 1.807) is 0 Å². The summed E-state index contributed by atoms with van der Waals surface area (Å²) in [7, 11) is 0. The Balaban J connectivity index is 1.26. The molecule has 0 saturated carbocycles. The number of hydrogen-bond donors (Lipinski definition) is 0. The molecule has 0 aliphatic heterocycles. The molecule has 0 amide bonds. The van der Waals surface area contributed by atoms with Crippen molar-refractivity contribution >= 4 is 43.6 Å². The third kappa shape index (κ3) is 4.22. The molecule has 9 rings (SSSR count). The van der Waals surface area contributed by atoms with E-state index in [0.717, 1.165) is 66.5 Å². The highest BCUT2D eigenvalue weighted by Crippen LogP contribution is 2.39. The van der Waals surface area contributed by atoms with E-state index in [1.807, 2.05) is 48.5 Å². The highest BCUT2D eigenvalue weighted by Gasteiger charge is 2.18. The summed E-state index contributed by atoms with van der Waals surface area (Å²) in [6.07, 6.45) is 0. The summed E-state index contributed by atoms with van der Waals surface area (Å²) in [5.74, 6) is 0. The molecule has 4 nitrogen and oxygen atoms in total. The molecule has 0 unspecified atom stereocenters. The molecule has 0 N–H and O–H groups in total. The van der Waals surface area contributed by atoms with Crippen LogP contribution in [0.25, 0.3) is 77.2 Å². The van der Waals surface area contributed by atoms with E-state index in [1.165, 1.54) is 10.8 Å². The van der Waals surface area contributed by atoms with Gasteiger partial charge in [-0.1, -0.05) is 78.9 Å². The van der Waals surface area contributed by atoms with E-state index in [9.17, 15) is 10.5 Å². The van der Waals surface area contributed by atoms with Gasteiger partial charge in [0, 0.05) is 32.8 Å². The molecule has 48 heavy (non-hydrogen) atoms. The second kappa shape index (κ2) is 10.9. The molecular formula is C44H26N4. The van der Waals surface area contributed by atoms with Crippen LogP contribution in [0.15, 0.2) is 158 Å². The second-order valence-corrected chi connectivity index (χ2v) is 12.0. The smallest absolute Gasteiger partial charge is 0.0992 e. The van der Waals surface area contributed by atoms with Crippen LogP contribution in [-0.2, 0) is 0 Å². The van der Waals surface area contributed by atoms with E-state index in [2.05, 4.69) is 130 Å². The van der Waals surface area contributed by atoms with Gasteiger partial charge in [-0.25, -0.2) is 0 Å². The zero-order valence-electron chi connectivity index (χ0n) is 25.8. The molecule has 9 aromatic rings. The minimum atomic E-state index is 0.595. The largest absolute Gasteiger partial charge is 0.309 e. The first-order chi connectivity index (χ1) is 23.7. The lowest BCUT2D eigenvalue weighted by molar-refractivity contribution is 1.18. The van der Waals surface area contributed by atoms with Crippen molar-refractivity contribution in [1.29, 1.82) is 10.5 Å². The maximum absolute atomic E-state index is 10.2. The molecule has 2 aromatic heterocycles. The van der Waals surface area contributed by atoms with Crippen LogP contribution in [0.4, 0.5) is 0 Å². The lowest BCUT2D eigenvalue weighted by Crippen LogP contribution is -1.97. The third-order valence-electron chi connectivity index (χ3n) is 9.34. The van der Waals surface area contributed by atoms with Gasteiger partial charge in [0.1, 0.15) is 0 Å². The van der Waals surface area contributed by atoms with E-state index < -0.39 is 0 Å². The summed E-state index contributed by atoms with van der Waals surface area (Å²) in [6.45, 7) is 0. The molecule has 4 heteroatoms. The number of nitrogens with zero attached hydrogens (tertiary/aromatic N) is 4. The van der Waals surface area contributed by atoms with Crippen molar-refractivity contribution in [2.45, 2.75) is 0 Å². The number of nitriles is 2. The Morgan fingerprint density at radius 3 is 1.69 bits per heavy atom. The fourth-order valence-corrected chi connectivity index (χ4v) is 7.24. The van der Waals surface area contributed by atoms with Gasteiger partial charge in [0.15, 0.2) is 0 Å². The van der Waals surface area contributed by atoms with Gasteiger partial charge in [-0.3, -0.25) is 0 Å². The van der Waals surface area contributed by atoms with Crippen molar-refractivity contribution in [3.8, 4) is 45.8 Å². The Bertz CT molecular complexity index is 2750. The standard InChI is InChI=1S/C44H26N4/c45-27-29-18-20-43-38(24-29)39-26-31(19-21-44(39)47(43)34-10-2-1-3-11-34)32-22-30(28-46)23-33(25-32)35-12-4-7-15-40(35)48-41-16-8-5-13-36(41)37-14-6-9-17-42(37)48/h1-26H. The number of hydrogen-bond acceptors (Lipinski definition) is 2. The lowest BCUT2D eigenvalue weighted by Gasteiger charge is -2.15. The topological polar surface area (TPSA) is 57.4 Å². The van der Waals surface area contributed by atoms with Gasteiger partial charge in [-0.05, 0) is 95.6 Å². The molecule has 0 saturated heterocycles. The van der Waals surface area contributed by atoms with Crippen LogP contribution in [0, 0.1) is 22.7 Å². The fraction of sp³-hybridized carbons (Fsp3) is 0. The van der Waals surface area contributed by atoms with Gasteiger partial charge in [-0.15, -0.1) is 0 Å². The summed E-state index contributed by atoms with van der Waals surface area (Å²) < 4.78 is 4.57. The van der Waals surface area contributed by atoms with Crippen molar-refractivity contribution in [3.63, 3.8) is 0 Å². The molecule has 2 heterocycles. The van der Waals surface area contributed by atoms with Crippen LogP contribution in [0.5, 0.6) is 0 Å². The minimum Gasteiger partial charge on any atom is -0.309 e. The average molecular weight is 611 g/mol. The Hall–Kier alpha value is -6.88. The van der Waals surface area contributed by atoms with Crippen molar-refractivity contribution in [2.75, 3.05) is 0 Å². The molecule has 0 aliphatic rings. The lowest BCUT2D eigenvalue weighted by atomic mass is 9.94. The predicted molar refractivity (Wildman–Crippen MR) is 195 cm³/mol. The number of aromatic nitrogens is 2. The second-order valence-electron chi connectivity index (χ2n) is 12.0. The Morgan fingerprint density at radius 1 is 0.375 bits per heavy atom. The summed E-state index contributed by atoms with van der Waals surface area (Å²) in [6, 6.07) is 59.0. The monoisotopic (exact) mass is 610 g/mol. The molecule has 0 radical (unpaired) electrons. The minimum absolute atomic E-state index is 0.595. The molecule has 7 aromatic carbocycles. The summed E-state index contributed by atoms with van der Waals surface area (Å²) in [4.78, 5) is 0. The van der Waals surface area contributed by atoms with Crippen molar-refractivity contribution < 1.29 is 0 Å². The highest BCUT2D eigenvalue weighted by molar-refractivity contribution is 6.11. The van der Waals surface area contributed by atoms with Crippen LogP contribution in [0.1, 0.15) is 11.1 Å². The van der Waals surface area contributed by atoms with Gasteiger partial charge in [0.2, 0.25) is 0 Å². The fourth-order valence-electron chi connectivity index (χ4n) is 7.24. The number of para-hydroxylation sites is 4. The Morgan fingerprint density at radius 2 is 0.958 bits per heavy atom.